The molecule has 0 radical (unpaired) electrons. The quantitative estimate of drug-likeness (QED) is 0.464. The Labute approximate surface area is 225 Å². The van der Waals surface area contributed by atoms with Gasteiger partial charge in [0.25, 0.3) is 5.56 Å². The predicted octanol–water partition coefficient (Wildman–Crippen LogP) is 3.65. The van der Waals surface area contributed by atoms with Crippen LogP contribution >= 0.6 is 11.3 Å². The van der Waals surface area contributed by atoms with Crippen LogP contribution in [0.3, 0.4) is 0 Å². The maximum absolute atomic E-state index is 13.7. The molecule has 1 fully saturated rings. The van der Waals surface area contributed by atoms with Crippen molar-refractivity contribution in [2.24, 2.45) is 11.8 Å². The molecule has 0 aliphatic carbocycles. The molecule has 0 spiro atoms. The molecule has 4 unspecified atom stereocenters. The Bertz CT molecular complexity index is 1420. The molecule has 1 saturated heterocycles. The number of benzene rings is 1. The Morgan fingerprint density at radius 2 is 2.13 bits per heavy atom. The highest BCUT2D eigenvalue weighted by molar-refractivity contribution is 7.09. The molecule has 2 bridgehead atoms. The molecule has 2 aromatic heterocycles. The standard InChI is InChI=1S/C28H32N5O4S/c1-16(2)22-15-38-25(30-22)8-9-29-28(35)21-12-17-11-20(33(36)37)6-7-24(17)32-13-18-10-19(27(21)32)14-31-23(18)4-3-5-26(31)34/h3-7,11,15-16,18-19,21,27,36H,8-10,12-14H2,1-2H3,(H,29,35)/q-1. The zero-order valence-electron chi connectivity index (χ0n) is 21.5. The maximum atomic E-state index is 13.7. The lowest BCUT2D eigenvalue weighted by Gasteiger charge is -2.54. The second kappa shape index (κ2) is 9.83. The Hall–Kier alpha value is -3.21. The molecule has 5 heterocycles. The molecular formula is C28H32N5O4S-. The number of nitrogens with zero attached hydrogens (tertiary/aromatic N) is 4. The third-order valence-electron chi connectivity index (χ3n) is 8.35. The van der Waals surface area contributed by atoms with Crippen molar-refractivity contribution in [3.05, 3.63) is 79.3 Å². The number of carbonyl (C=O) groups is 1. The summed E-state index contributed by atoms with van der Waals surface area (Å²) in [6.07, 6.45) is 2.08. The van der Waals surface area contributed by atoms with E-state index in [1.54, 1.807) is 29.5 Å². The van der Waals surface area contributed by atoms with Gasteiger partial charge in [0, 0.05) is 60.8 Å². The van der Waals surface area contributed by atoms with Crippen LogP contribution in [0.2, 0.25) is 0 Å². The largest absolute Gasteiger partial charge is 0.733 e. The molecule has 10 heteroatoms. The van der Waals surface area contributed by atoms with Gasteiger partial charge in [-0.25, -0.2) is 4.98 Å². The monoisotopic (exact) mass is 534 g/mol. The summed E-state index contributed by atoms with van der Waals surface area (Å²) in [5, 5.41) is 27.2. The van der Waals surface area contributed by atoms with E-state index in [0.29, 0.717) is 38.4 Å². The van der Waals surface area contributed by atoms with Crippen LogP contribution in [0.1, 0.15) is 54.1 Å². The Morgan fingerprint density at radius 3 is 2.89 bits per heavy atom. The minimum atomic E-state index is -0.342. The fraction of sp³-hybridized carbons (Fsp3) is 0.464. The van der Waals surface area contributed by atoms with Gasteiger partial charge >= 0.3 is 0 Å². The average molecular weight is 535 g/mol. The summed E-state index contributed by atoms with van der Waals surface area (Å²) in [7, 11) is 0. The number of hydrogen-bond acceptors (Lipinski definition) is 8. The molecule has 2 N–H and O–H groups in total. The topological polar surface area (TPSA) is 114 Å². The van der Waals surface area contributed by atoms with Gasteiger partial charge < -0.3 is 25.2 Å². The number of piperidine rings is 1. The van der Waals surface area contributed by atoms with E-state index in [1.165, 1.54) is 0 Å². The molecule has 1 amide bonds. The van der Waals surface area contributed by atoms with Gasteiger partial charge in [0.15, 0.2) is 0 Å². The van der Waals surface area contributed by atoms with Gasteiger partial charge in [0.2, 0.25) is 5.91 Å². The molecule has 3 aromatic rings. The molecule has 3 aliphatic rings. The molecule has 38 heavy (non-hydrogen) atoms. The van der Waals surface area contributed by atoms with Gasteiger partial charge in [-0.3, -0.25) is 14.8 Å². The number of thiazole rings is 1. The maximum Gasteiger partial charge on any atom is 0.250 e. The number of rotatable bonds is 6. The van der Waals surface area contributed by atoms with Crippen molar-refractivity contribution in [3.8, 4) is 0 Å². The third-order valence-corrected chi connectivity index (χ3v) is 9.27. The van der Waals surface area contributed by atoms with Crippen LogP contribution in [-0.4, -0.2) is 39.8 Å². The lowest BCUT2D eigenvalue weighted by molar-refractivity contribution is -0.126. The van der Waals surface area contributed by atoms with E-state index in [1.807, 2.05) is 22.8 Å². The Kier molecular flexibility index (Phi) is 6.49. The first kappa shape index (κ1) is 25.1. The van der Waals surface area contributed by atoms with Crippen LogP contribution in [0, 0.1) is 17.0 Å². The minimum Gasteiger partial charge on any atom is -0.733 e. The minimum absolute atomic E-state index is 0.00945. The molecular weight excluding hydrogens is 502 g/mol. The summed E-state index contributed by atoms with van der Waals surface area (Å²) in [6.45, 7) is 6.02. The van der Waals surface area contributed by atoms with E-state index in [2.05, 4.69) is 34.4 Å². The first-order chi connectivity index (χ1) is 18.3. The van der Waals surface area contributed by atoms with E-state index in [-0.39, 0.29) is 46.2 Å². The summed E-state index contributed by atoms with van der Waals surface area (Å²) in [5.74, 6) is 0.337. The number of aromatic nitrogens is 2. The van der Waals surface area contributed by atoms with Crippen molar-refractivity contribution < 1.29 is 10.0 Å². The number of hydrogen-bond donors (Lipinski definition) is 2. The van der Waals surface area contributed by atoms with Crippen LogP contribution in [-0.2, 0) is 24.2 Å². The molecule has 200 valence electrons. The smallest absolute Gasteiger partial charge is 0.250 e. The van der Waals surface area contributed by atoms with Gasteiger partial charge in [-0.15, -0.1) is 11.3 Å². The Balaban J connectivity index is 1.29. The normalized spacial score (nSPS) is 23.4. The van der Waals surface area contributed by atoms with Crippen LogP contribution in [0.4, 0.5) is 11.4 Å². The first-order valence-corrected chi connectivity index (χ1v) is 14.2. The van der Waals surface area contributed by atoms with Crippen LogP contribution < -0.4 is 21.0 Å². The number of pyridine rings is 1. The van der Waals surface area contributed by atoms with Crippen LogP contribution in [0.25, 0.3) is 0 Å². The van der Waals surface area contributed by atoms with Crippen molar-refractivity contribution in [1.29, 1.82) is 0 Å². The van der Waals surface area contributed by atoms with Gasteiger partial charge in [-0.1, -0.05) is 19.9 Å². The average Bonchev–Trinajstić information content (AvgIpc) is 3.38. The fourth-order valence-corrected chi connectivity index (χ4v) is 7.55. The first-order valence-electron chi connectivity index (χ1n) is 13.3. The van der Waals surface area contributed by atoms with Crippen molar-refractivity contribution >= 4 is 28.6 Å². The summed E-state index contributed by atoms with van der Waals surface area (Å²) in [4.78, 5) is 33.4. The highest BCUT2D eigenvalue weighted by Gasteiger charge is 2.49. The van der Waals surface area contributed by atoms with Gasteiger partial charge in [0.05, 0.1) is 22.3 Å². The fourth-order valence-electron chi connectivity index (χ4n) is 6.59. The predicted molar refractivity (Wildman–Crippen MR) is 147 cm³/mol. The molecule has 4 atom stereocenters. The van der Waals surface area contributed by atoms with Crippen LogP contribution in [0.5, 0.6) is 0 Å². The van der Waals surface area contributed by atoms with Gasteiger partial charge in [-0.2, -0.15) is 0 Å². The SMILES string of the molecule is CC(C)c1csc(CCNC(=O)C2Cc3cc(N([O-])O)ccc3N3CC4CC(Cn5c4cccc5=O)C23)n1. The van der Waals surface area contributed by atoms with E-state index >= 15 is 0 Å². The zero-order valence-corrected chi connectivity index (χ0v) is 22.4. The van der Waals surface area contributed by atoms with E-state index in [4.69, 9.17) is 0 Å². The third kappa shape index (κ3) is 4.40. The van der Waals surface area contributed by atoms with Crippen molar-refractivity contribution in [3.63, 3.8) is 0 Å². The Morgan fingerprint density at radius 1 is 1.29 bits per heavy atom. The van der Waals surface area contributed by atoms with E-state index < -0.39 is 0 Å². The molecule has 6 rings (SSSR count). The molecule has 0 saturated carbocycles. The van der Waals surface area contributed by atoms with Crippen molar-refractivity contribution in [2.45, 2.75) is 57.5 Å². The highest BCUT2D eigenvalue weighted by atomic mass is 32.1. The zero-order chi connectivity index (χ0) is 26.6. The molecule has 3 aliphatic heterocycles. The number of fused-ring (bicyclic) bond motifs is 8. The lowest BCUT2D eigenvalue weighted by atomic mass is 9.70. The summed E-state index contributed by atoms with van der Waals surface area (Å²) < 4.78 is 1.89. The van der Waals surface area contributed by atoms with Crippen LogP contribution in [0.15, 0.2) is 46.6 Å². The number of nitrogens with one attached hydrogen (secondary N) is 1. The summed E-state index contributed by atoms with van der Waals surface area (Å²) in [5.41, 5.74) is 4.15. The number of anilines is 2. The second-order valence-corrected chi connectivity index (χ2v) is 11.9. The highest BCUT2D eigenvalue weighted by Crippen LogP contribution is 2.47. The van der Waals surface area contributed by atoms with Crippen molar-refractivity contribution in [2.75, 3.05) is 23.2 Å². The van der Waals surface area contributed by atoms with Crippen molar-refractivity contribution in [1.82, 2.24) is 14.9 Å². The molecule has 1 aromatic carbocycles. The van der Waals surface area contributed by atoms with Gasteiger partial charge in [-0.05, 0) is 54.5 Å². The summed E-state index contributed by atoms with van der Waals surface area (Å²) >= 11 is 1.62. The number of carbonyl (C=O) groups excluding carboxylic acids is 1. The summed E-state index contributed by atoms with van der Waals surface area (Å²) in [6, 6.07) is 10.6. The number of amides is 1. The van der Waals surface area contributed by atoms with E-state index in [0.717, 1.165) is 34.1 Å². The second-order valence-electron chi connectivity index (χ2n) is 11.0. The van der Waals surface area contributed by atoms with E-state index in [9.17, 15) is 20.0 Å². The lowest BCUT2D eigenvalue weighted by Crippen LogP contribution is -2.61. The molecule has 9 nitrogen and oxygen atoms in total. The van der Waals surface area contributed by atoms with Gasteiger partial charge in [0.1, 0.15) is 0 Å².